The fourth-order valence-corrected chi connectivity index (χ4v) is 4.30. The molecule has 1 fully saturated rings. The van der Waals surface area contributed by atoms with Crippen molar-refractivity contribution in [2.24, 2.45) is 0 Å². The van der Waals surface area contributed by atoms with Crippen LogP contribution in [0.5, 0.6) is 0 Å². The van der Waals surface area contributed by atoms with Crippen molar-refractivity contribution < 1.29 is 8.42 Å². The molecule has 0 atom stereocenters. The average Bonchev–Trinajstić information content (AvgIpc) is 2.30. The average molecular weight is 280 g/mol. The molecule has 1 rings (SSSR count). The molecule has 6 heteroatoms. The zero-order valence-electron chi connectivity index (χ0n) is 10.7. The largest absolute Gasteiger partial charge is 0.320 e. The van der Waals surface area contributed by atoms with Crippen LogP contribution in [0.2, 0.25) is 0 Å². The molecule has 0 aliphatic heterocycles. The second-order valence-electron chi connectivity index (χ2n) is 4.60. The Labute approximate surface area is 109 Å². The number of sulfonamides is 1. The molecule has 17 heavy (non-hydrogen) atoms. The summed E-state index contributed by atoms with van der Waals surface area (Å²) in [6.07, 6.45) is 7.03. The molecular weight excluding hydrogens is 256 g/mol. The fourth-order valence-electron chi connectivity index (χ4n) is 2.17. The predicted octanol–water partition coefficient (Wildman–Crippen LogP) is 1.19. The Balaban J connectivity index is 2.28. The molecule has 1 aliphatic rings. The predicted molar refractivity (Wildman–Crippen MR) is 75.0 cm³/mol. The van der Waals surface area contributed by atoms with Crippen LogP contribution in [0.4, 0.5) is 0 Å². The van der Waals surface area contributed by atoms with Gasteiger partial charge >= 0.3 is 0 Å². The molecule has 0 aromatic heterocycles. The highest BCUT2D eigenvalue weighted by atomic mass is 32.2. The van der Waals surface area contributed by atoms with Crippen LogP contribution in [-0.4, -0.2) is 45.3 Å². The third kappa shape index (κ3) is 6.08. The molecule has 0 heterocycles. The molecule has 1 aliphatic carbocycles. The lowest BCUT2D eigenvalue weighted by molar-refractivity contribution is 0.419. The SMILES string of the molecule is CNCCCS(=O)(=O)NC1CCC(SC)CC1. The Hall–Kier alpha value is 0.220. The second-order valence-corrected chi connectivity index (χ2v) is 7.61. The van der Waals surface area contributed by atoms with E-state index in [-0.39, 0.29) is 11.8 Å². The molecular formula is C11H24N2O2S2. The molecule has 102 valence electrons. The molecule has 0 amide bonds. The molecule has 1 saturated carbocycles. The lowest BCUT2D eigenvalue weighted by atomic mass is 9.96. The van der Waals surface area contributed by atoms with E-state index < -0.39 is 10.0 Å². The van der Waals surface area contributed by atoms with Crippen molar-refractivity contribution in [3.63, 3.8) is 0 Å². The summed E-state index contributed by atoms with van der Waals surface area (Å²) in [7, 11) is -1.24. The van der Waals surface area contributed by atoms with Gasteiger partial charge in [-0.1, -0.05) is 0 Å². The smallest absolute Gasteiger partial charge is 0.211 e. The first-order valence-corrected chi connectivity index (χ1v) is 9.19. The molecule has 0 unspecified atom stereocenters. The van der Waals surface area contributed by atoms with Gasteiger partial charge in [0.2, 0.25) is 10.0 Å². The van der Waals surface area contributed by atoms with Gasteiger partial charge in [-0.05, 0) is 52.0 Å². The van der Waals surface area contributed by atoms with E-state index in [1.807, 2.05) is 18.8 Å². The van der Waals surface area contributed by atoms with Crippen LogP contribution in [0.15, 0.2) is 0 Å². The molecule has 0 radical (unpaired) electrons. The summed E-state index contributed by atoms with van der Waals surface area (Å²) in [6, 6.07) is 0.165. The van der Waals surface area contributed by atoms with E-state index in [9.17, 15) is 8.42 Å². The van der Waals surface area contributed by atoms with E-state index in [1.165, 1.54) is 0 Å². The number of hydrogen-bond donors (Lipinski definition) is 2. The zero-order valence-corrected chi connectivity index (χ0v) is 12.4. The summed E-state index contributed by atoms with van der Waals surface area (Å²) in [5.74, 6) is 0.232. The van der Waals surface area contributed by atoms with E-state index in [4.69, 9.17) is 0 Å². The van der Waals surface area contributed by atoms with Gasteiger partial charge in [-0.15, -0.1) is 0 Å². The minimum absolute atomic E-state index is 0.165. The maximum atomic E-state index is 11.8. The van der Waals surface area contributed by atoms with Crippen LogP contribution < -0.4 is 10.0 Å². The maximum absolute atomic E-state index is 11.8. The Bertz CT molecular complexity index is 299. The van der Waals surface area contributed by atoms with Gasteiger partial charge in [0.15, 0.2) is 0 Å². The van der Waals surface area contributed by atoms with Gasteiger partial charge in [0.05, 0.1) is 5.75 Å². The Morgan fingerprint density at radius 3 is 2.41 bits per heavy atom. The van der Waals surface area contributed by atoms with Crippen LogP contribution >= 0.6 is 11.8 Å². The maximum Gasteiger partial charge on any atom is 0.211 e. The number of hydrogen-bond acceptors (Lipinski definition) is 4. The zero-order chi connectivity index (χ0) is 12.7. The summed E-state index contributed by atoms with van der Waals surface area (Å²) in [6.45, 7) is 0.750. The van der Waals surface area contributed by atoms with Crippen molar-refractivity contribution >= 4 is 21.8 Å². The standard InChI is InChI=1S/C11H24N2O2S2/c1-12-8-3-9-17(14,15)13-10-4-6-11(16-2)7-5-10/h10-13H,3-9H2,1-2H3. The van der Waals surface area contributed by atoms with Crippen molar-refractivity contribution in [1.82, 2.24) is 10.0 Å². The summed E-state index contributed by atoms with van der Waals surface area (Å²) < 4.78 is 26.4. The van der Waals surface area contributed by atoms with E-state index >= 15 is 0 Å². The number of thioether (sulfide) groups is 1. The van der Waals surface area contributed by atoms with Gasteiger partial charge in [-0.25, -0.2) is 13.1 Å². The third-order valence-corrected chi connectivity index (χ3v) is 5.85. The lowest BCUT2D eigenvalue weighted by Gasteiger charge is -2.27. The minimum Gasteiger partial charge on any atom is -0.320 e. The first-order chi connectivity index (χ1) is 8.07. The Morgan fingerprint density at radius 1 is 1.24 bits per heavy atom. The van der Waals surface area contributed by atoms with Crippen LogP contribution in [0, 0.1) is 0 Å². The first kappa shape index (κ1) is 15.3. The van der Waals surface area contributed by atoms with Crippen LogP contribution in [-0.2, 0) is 10.0 Å². The normalized spacial score (nSPS) is 26.0. The summed E-state index contributed by atoms with van der Waals surface area (Å²) in [4.78, 5) is 0. The molecule has 0 bridgehead atoms. The van der Waals surface area contributed by atoms with E-state index in [0.29, 0.717) is 6.42 Å². The molecule has 4 nitrogen and oxygen atoms in total. The second kappa shape index (κ2) is 7.61. The van der Waals surface area contributed by atoms with E-state index in [1.54, 1.807) is 0 Å². The number of rotatable bonds is 7. The molecule has 2 N–H and O–H groups in total. The van der Waals surface area contributed by atoms with Crippen LogP contribution in [0.25, 0.3) is 0 Å². The van der Waals surface area contributed by atoms with Gasteiger partial charge in [-0.2, -0.15) is 11.8 Å². The summed E-state index contributed by atoms with van der Waals surface area (Å²) >= 11 is 1.90. The lowest BCUT2D eigenvalue weighted by Crippen LogP contribution is -2.39. The molecule has 0 aromatic carbocycles. The minimum atomic E-state index is -3.07. The van der Waals surface area contributed by atoms with E-state index in [0.717, 1.165) is 37.5 Å². The van der Waals surface area contributed by atoms with E-state index in [2.05, 4.69) is 16.3 Å². The van der Waals surface area contributed by atoms with Crippen molar-refractivity contribution in [2.45, 2.75) is 43.4 Å². The number of nitrogens with one attached hydrogen (secondary N) is 2. The third-order valence-electron chi connectivity index (χ3n) is 3.19. The Kier molecular flexibility index (Phi) is 6.84. The first-order valence-electron chi connectivity index (χ1n) is 6.25. The van der Waals surface area contributed by atoms with Crippen LogP contribution in [0.1, 0.15) is 32.1 Å². The Morgan fingerprint density at radius 2 is 1.88 bits per heavy atom. The highest BCUT2D eigenvalue weighted by molar-refractivity contribution is 7.99. The molecule has 0 spiro atoms. The van der Waals surface area contributed by atoms with Crippen molar-refractivity contribution in [3.05, 3.63) is 0 Å². The quantitative estimate of drug-likeness (QED) is 0.688. The highest BCUT2D eigenvalue weighted by Gasteiger charge is 2.23. The summed E-state index contributed by atoms with van der Waals surface area (Å²) in [5.41, 5.74) is 0. The van der Waals surface area contributed by atoms with Gasteiger partial charge in [0, 0.05) is 11.3 Å². The van der Waals surface area contributed by atoms with Gasteiger partial charge in [-0.3, -0.25) is 0 Å². The van der Waals surface area contributed by atoms with Gasteiger partial charge in [0.1, 0.15) is 0 Å². The van der Waals surface area contributed by atoms with Crippen molar-refractivity contribution in [2.75, 3.05) is 25.6 Å². The molecule has 0 saturated heterocycles. The molecule has 0 aromatic rings. The topological polar surface area (TPSA) is 58.2 Å². The van der Waals surface area contributed by atoms with Crippen molar-refractivity contribution in [1.29, 1.82) is 0 Å². The fraction of sp³-hybridized carbons (Fsp3) is 1.00. The summed E-state index contributed by atoms with van der Waals surface area (Å²) in [5, 5.41) is 3.68. The van der Waals surface area contributed by atoms with Crippen LogP contribution in [0.3, 0.4) is 0 Å². The highest BCUT2D eigenvalue weighted by Crippen LogP contribution is 2.27. The van der Waals surface area contributed by atoms with Crippen molar-refractivity contribution in [3.8, 4) is 0 Å². The van der Waals surface area contributed by atoms with Gasteiger partial charge < -0.3 is 5.32 Å². The van der Waals surface area contributed by atoms with Gasteiger partial charge in [0.25, 0.3) is 0 Å². The monoisotopic (exact) mass is 280 g/mol.